The van der Waals surface area contributed by atoms with E-state index in [0.29, 0.717) is 67.8 Å². The maximum absolute atomic E-state index is 12.4. The summed E-state index contributed by atoms with van der Waals surface area (Å²) in [6.07, 6.45) is 0.208. The van der Waals surface area contributed by atoms with Crippen molar-refractivity contribution in [3.8, 4) is 23.0 Å². The zero-order valence-corrected chi connectivity index (χ0v) is 28.7. The fourth-order valence-corrected chi connectivity index (χ4v) is 4.16. The summed E-state index contributed by atoms with van der Waals surface area (Å²) in [7, 11) is 0. The first-order valence-corrected chi connectivity index (χ1v) is 16.7. The third-order valence-corrected chi connectivity index (χ3v) is 6.74. The number of nitrogens with one attached hydrogen (secondary N) is 1. The molecule has 0 radical (unpaired) electrons. The molecule has 3 rings (SSSR count). The number of carbonyl (C=O) groups excluding carboxylic acids is 2. The molecule has 0 aromatic heterocycles. The minimum absolute atomic E-state index is 0.113. The van der Waals surface area contributed by atoms with Gasteiger partial charge in [0.15, 0.2) is 6.10 Å². The molecule has 272 valence electrons. The number of ether oxygens (including phenoxy) is 8. The molecule has 1 amide bonds. The number of alkyl carbamates (subject to hydrolysis) is 1. The van der Waals surface area contributed by atoms with E-state index in [1.54, 1.807) is 31.2 Å². The lowest BCUT2D eigenvalue weighted by Gasteiger charge is -2.19. The van der Waals surface area contributed by atoms with Crippen molar-refractivity contribution in [3.63, 3.8) is 0 Å². The highest BCUT2D eigenvalue weighted by molar-refractivity contribution is 5.86. The molecule has 2 N–H and O–H groups in total. The fourth-order valence-electron chi connectivity index (χ4n) is 4.16. The van der Waals surface area contributed by atoms with Gasteiger partial charge in [0.25, 0.3) is 0 Å². The van der Waals surface area contributed by atoms with Gasteiger partial charge in [-0.2, -0.15) is 0 Å². The molecule has 50 heavy (non-hydrogen) atoms. The number of aliphatic hydroxyl groups is 1. The summed E-state index contributed by atoms with van der Waals surface area (Å²) in [5, 5.41) is 12.8. The van der Waals surface area contributed by atoms with Gasteiger partial charge in [0.05, 0.1) is 33.0 Å². The number of para-hydroxylation sites is 2. The van der Waals surface area contributed by atoms with Gasteiger partial charge >= 0.3 is 12.1 Å². The van der Waals surface area contributed by atoms with Crippen LogP contribution in [0.3, 0.4) is 0 Å². The highest BCUT2D eigenvalue weighted by Gasteiger charge is 2.16. The Morgan fingerprint density at radius 2 is 1.18 bits per heavy atom. The number of unbranched alkanes of at least 4 members (excludes halogenated alkanes) is 2. The predicted molar refractivity (Wildman–Crippen MR) is 187 cm³/mol. The van der Waals surface area contributed by atoms with Crippen LogP contribution in [0, 0.1) is 0 Å². The van der Waals surface area contributed by atoms with E-state index in [9.17, 15) is 14.7 Å². The fraction of sp³-hybridized carbons (Fsp3) is 0.421. The van der Waals surface area contributed by atoms with Crippen molar-refractivity contribution in [3.05, 3.63) is 97.1 Å². The standard InChI is InChI=1S/C38H49NO11/c1-30(2)37(41)47-21-11-5-10-20-39-38(42)50-36(29-49-33-14-8-4-9-15-33)28-44-23-25-46-35-18-16-34(17-19-35)45-24-22-43-26-31(40)27-48-32-12-6-3-7-13-32/h3-4,6-9,12-19,31,36,40H,1,5,10-11,20-29H2,2H3,(H,39,42). The number of esters is 1. The lowest BCUT2D eigenvalue weighted by molar-refractivity contribution is -0.139. The van der Waals surface area contributed by atoms with E-state index in [2.05, 4.69) is 11.9 Å². The lowest BCUT2D eigenvalue weighted by Crippen LogP contribution is -2.35. The maximum Gasteiger partial charge on any atom is 0.407 e. The molecule has 3 aromatic carbocycles. The quantitative estimate of drug-likeness (QED) is 0.0636. The predicted octanol–water partition coefficient (Wildman–Crippen LogP) is 5.38. The van der Waals surface area contributed by atoms with Crippen LogP contribution in [0.2, 0.25) is 0 Å². The van der Waals surface area contributed by atoms with Gasteiger partial charge in [-0.25, -0.2) is 9.59 Å². The number of hydrogen-bond acceptors (Lipinski definition) is 11. The SMILES string of the molecule is C=C(C)C(=O)OCCCCCNC(=O)OC(COCCOc1ccc(OCCOCC(O)COc2ccccc2)cc1)COc1ccccc1. The third kappa shape index (κ3) is 18.1. The Balaban J connectivity index is 1.26. The van der Waals surface area contributed by atoms with Crippen LogP contribution in [0.4, 0.5) is 4.79 Å². The Bertz CT molecular complexity index is 1360. The average molecular weight is 696 g/mol. The summed E-state index contributed by atoms with van der Waals surface area (Å²) in [4.78, 5) is 23.8. The van der Waals surface area contributed by atoms with Crippen LogP contribution in [0.15, 0.2) is 97.1 Å². The topological polar surface area (TPSA) is 140 Å². The van der Waals surface area contributed by atoms with Crippen LogP contribution in [0.25, 0.3) is 0 Å². The van der Waals surface area contributed by atoms with E-state index in [4.69, 9.17) is 37.9 Å². The molecule has 0 bridgehead atoms. The van der Waals surface area contributed by atoms with Crippen LogP contribution in [0.5, 0.6) is 23.0 Å². The Kier molecular flexibility index (Phi) is 19.3. The summed E-state index contributed by atoms with van der Waals surface area (Å²) >= 11 is 0. The smallest absolute Gasteiger partial charge is 0.407 e. The normalized spacial score (nSPS) is 11.9. The summed E-state index contributed by atoms with van der Waals surface area (Å²) in [6.45, 7) is 7.59. The van der Waals surface area contributed by atoms with Crippen molar-refractivity contribution in [1.29, 1.82) is 0 Å². The molecule has 0 aliphatic rings. The molecule has 12 heteroatoms. The molecule has 2 unspecified atom stereocenters. The summed E-state index contributed by atoms with van der Waals surface area (Å²) in [5.41, 5.74) is 0.369. The number of hydrogen-bond donors (Lipinski definition) is 2. The van der Waals surface area contributed by atoms with E-state index in [0.717, 1.165) is 6.42 Å². The molecule has 0 spiro atoms. The van der Waals surface area contributed by atoms with Crippen LogP contribution in [0.1, 0.15) is 26.2 Å². The van der Waals surface area contributed by atoms with Crippen molar-refractivity contribution >= 4 is 12.1 Å². The van der Waals surface area contributed by atoms with Gasteiger partial charge in [0, 0.05) is 12.1 Å². The Labute approximate surface area is 294 Å². The Morgan fingerprint density at radius 1 is 0.640 bits per heavy atom. The molecular weight excluding hydrogens is 646 g/mol. The Morgan fingerprint density at radius 3 is 1.76 bits per heavy atom. The van der Waals surface area contributed by atoms with E-state index in [-0.39, 0.29) is 39.6 Å². The minimum atomic E-state index is -0.740. The van der Waals surface area contributed by atoms with Gasteiger partial charge in [0.2, 0.25) is 0 Å². The molecule has 0 saturated carbocycles. The Hall–Kier alpha value is -4.78. The summed E-state index contributed by atoms with van der Waals surface area (Å²) in [6, 6.07) is 25.7. The molecule has 0 aliphatic heterocycles. The summed E-state index contributed by atoms with van der Waals surface area (Å²) in [5.74, 6) is 2.25. The number of rotatable bonds is 26. The largest absolute Gasteiger partial charge is 0.491 e. The molecular formula is C38H49NO11. The third-order valence-electron chi connectivity index (χ3n) is 6.74. The number of aliphatic hydroxyl groups excluding tert-OH is 1. The second kappa shape index (κ2) is 24.4. The zero-order chi connectivity index (χ0) is 35.7. The van der Waals surface area contributed by atoms with E-state index >= 15 is 0 Å². The minimum Gasteiger partial charge on any atom is -0.491 e. The van der Waals surface area contributed by atoms with Crippen molar-refractivity contribution in [2.24, 2.45) is 0 Å². The number of carbonyl (C=O) groups is 2. The van der Waals surface area contributed by atoms with Crippen molar-refractivity contribution in [1.82, 2.24) is 5.32 Å². The van der Waals surface area contributed by atoms with Crippen molar-refractivity contribution in [2.45, 2.75) is 38.4 Å². The highest BCUT2D eigenvalue weighted by atomic mass is 16.6. The molecule has 12 nitrogen and oxygen atoms in total. The van der Waals surface area contributed by atoms with Crippen molar-refractivity contribution in [2.75, 3.05) is 66.0 Å². The molecule has 0 fully saturated rings. The van der Waals surface area contributed by atoms with E-state index in [1.807, 2.05) is 60.7 Å². The van der Waals surface area contributed by atoms with E-state index in [1.165, 1.54) is 0 Å². The molecule has 0 saturated heterocycles. The monoisotopic (exact) mass is 695 g/mol. The summed E-state index contributed by atoms with van der Waals surface area (Å²) < 4.78 is 44.6. The molecule has 0 aliphatic carbocycles. The average Bonchev–Trinajstić information content (AvgIpc) is 3.13. The second-order valence-electron chi connectivity index (χ2n) is 11.2. The van der Waals surface area contributed by atoms with Crippen LogP contribution >= 0.6 is 0 Å². The zero-order valence-electron chi connectivity index (χ0n) is 28.7. The van der Waals surface area contributed by atoms with Crippen LogP contribution in [-0.4, -0.2) is 95.4 Å². The van der Waals surface area contributed by atoms with Crippen LogP contribution in [-0.2, 0) is 23.7 Å². The maximum atomic E-state index is 12.4. The molecule has 3 aromatic rings. The molecule has 0 heterocycles. The van der Waals surface area contributed by atoms with E-state index < -0.39 is 24.3 Å². The van der Waals surface area contributed by atoms with Gasteiger partial charge in [-0.15, -0.1) is 0 Å². The van der Waals surface area contributed by atoms with Gasteiger partial charge < -0.3 is 48.3 Å². The first-order valence-electron chi connectivity index (χ1n) is 16.7. The van der Waals surface area contributed by atoms with Gasteiger partial charge in [0.1, 0.15) is 55.5 Å². The van der Waals surface area contributed by atoms with Gasteiger partial charge in [-0.3, -0.25) is 0 Å². The van der Waals surface area contributed by atoms with Gasteiger partial charge in [-0.1, -0.05) is 43.0 Å². The van der Waals surface area contributed by atoms with Crippen LogP contribution < -0.4 is 24.3 Å². The first kappa shape index (κ1) is 39.7. The van der Waals surface area contributed by atoms with Crippen molar-refractivity contribution < 1.29 is 52.6 Å². The molecule has 2 atom stereocenters. The number of benzene rings is 3. The lowest BCUT2D eigenvalue weighted by atomic mass is 10.2. The first-order chi connectivity index (χ1) is 24.4. The number of amides is 1. The highest BCUT2D eigenvalue weighted by Crippen LogP contribution is 2.18. The second-order valence-corrected chi connectivity index (χ2v) is 11.2. The van der Waals surface area contributed by atoms with Gasteiger partial charge in [-0.05, 0) is 74.7 Å².